The SMILES string of the molecule is CS(=O)(=O)NCc1cn(-c2ccccc2C(F)(F)F)nn1. The molecule has 0 aliphatic carbocycles. The molecule has 0 spiro atoms. The molecule has 10 heteroatoms. The summed E-state index contributed by atoms with van der Waals surface area (Å²) in [6.45, 7) is -0.146. The number of aromatic nitrogens is 3. The number of benzene rings is 1. The highest BCUT2D eigenvalue weighted by atomic mass is 32.2. The van der Waals surface area contributed by atoms with Crippen molar-refractivity contribution < 1.29 is 21.6 Å². The Bertz CT molecular complexity index is 740. The van der Waals surface area contributed by atoms with E-state index < -0.39 is 21.8 Å². The molecule has 2 aromatic rings. The van der Waals surface area contributed by atoms with Crippen molar-refractivity contribution in [2.45, 2.75) is 12.7 Å². The molecule has 0 fully saturated rings. The zero-order valence-electron chi connectivity index (χ0n) is 10.8. The van der Waals surface area contributed by atoms with Crippen molar-refractivity contribution in [2.75, 3.05) is 6.26 Å². The maximum Gasteiger partial charge on any atom is 0.418 e. The van der Waals surface area contributed by atoms with Gasteiger partial charge in [0.2, 0.25) is 10.0 Å². The standard InChI is InChI=1S/C11H11F3N4O2S/c1-21(19,20)15-6-8-7-18(17-16-8)10-5-3-2-4-9(10)11(12,13)14/h2-5,7,15H,6H2,1H3. The van der Waals surface area contributed by atoms with Gasteiger partial charge in [-0.15, -0.1) is 5.10 Å². The number of halogens is 3. The van der Waals surface area contributed by atoms with E-state index in [1.54, 1.807) is 0 Å². The van der Waals surface area contributed by atoms with Crippen LogP contribution >= 0.6 is 0 Å². The Hall–Kier alpha value is -1.94. The summed E-state index contributed by atoms with van der Waals surface area (Å²) >= 11 is 0. The fraction of sp³-hybridized carbons (Fsp3) is 0.273. The van der Waals surface area contributed by atoms with Crippen molar-refractivity contribution in [1.82, 2.24) is 19.7 Å². The van der Waals surface area contributed by atoms with Gasteiger partial charge < -0.3 is 0 Å². The maximum atomic E-state index is 12.9. The van der Waals surface area contributed by atoms with Gasteiger partial charge in [0.25, 0.3) is 0 Å². The molecule has 0 atom stereocenters. The van der Waals surface area contributed by atoms with Crippen LogP contribution in [0.15, 0.2) is 30.5 Å². The first-order valence-electron chi connectivity index (χ1n) is 5.69. The third kappa shape index (κ3) is 4.02. The Morgan fingerprint density at radius 1 is 1.29 bits per heavy atom. The van der Waals surface area contributed by atoms with Crippen molar-refractivity contribution in [1.29, 1.82) is 0 Å². The van der Waals surface area contributed by atoms with E-state index in [2.05, 4.69) is 15.0 Å². The molecule has 0 saturated carbocycles. The van der Waals surface area contributed by atoms with E-state index in [1.165, 1.54) is 24.4 Å². The summed E-state index contributed by atoms with van der Waals surface area (Å²) in [5.41, 5.74) is -0.821. The number of hydrogen-bond donors (Lipinski definition) is 1. The second-order valence-electron chi connectivity index (χ2n) is 4.26. The fourth-order valence-electron chi connectivity index (χ4n) is 1.62. The van der Waals surface area contributed by atoms with Gasteiger partial charge >= 0.3 is 6.18 Å². The van der Waals surface area contributed by atoms with Crippen LogP contribution in [0, 0.1) is 0 Å². The van der Waals surface area contributed by atoms with Gasteiger partial charge in [-0.05, 0) is 12.1 Å². The Balaban J connectivity index is 2.30. The van der Waals surface area contributed by atoms with Crippen LogP contribution in [0.25, 0.3) is 5.69 Å². The van der Waals surface area contributed by atoms with Crippen molar-refractivity contribution in [2.24, 2.45) is 0 Å². The van der Waals surface area contributed by atoms with Gasteiger partial charge in [0, 0.05) is 0 Å². The Kier molecular flexibility index (Phi) is 4.01. The highest BCUT2D eigenvalue weighted by Gasteiger charge is 2.33. The van der Waals surface area contributed by atoms with E-state index in [4.69, 9.17) is 0 Å². The number of alkyl halides is 3. The molecule has 21 heavy (non-hydrogen) atoms. The first-order chi connectivity index (χ1) is 9.67. The first-order valence-corrected chi connectivity index (χ1v) is 7.58. The predicted molar refractivity (Wildman–Crippen MR) is 68.0 cm³/mol. The maximum absolute atomic E-state index is 12.9. The lowest BCUT2D eigenvalue weighted by Gasteiger charge is -2.11. The normalized spacial score (nSPS) is 12.6. The third-order valence-corrected chi connectivity index (χ3v) is 3.18. The smallest absolute Gasteiger partial charge is 0.220 e. The number of rotatable bonds is 4. The van der Waals surface area contributed by atoms with E-state index in [-0.39, 0.29) is 17.9 Å². The van der Waals surface area contributed by atoms with Gasteiger partial charge in [-0.1, -0.05) is 17.3 Å². The zero-order chi connectivity index (χ0) is 15.7. The Morgan fingerprint density at radius 2 is 1.95 bits per heavy atom. The highest BCUT2D eigenvalue weighted by molar-refractivity contribution is 7.88. The summed E-state index contributed by atoms with van der Waals surface area (Å²) in [4.78, 5) is 0. The third-order valence-electron chi connectivity index (χ3n) is 2.51. The van der Waals surface area contributed by atoms with Crippen molar-refractivity contribution in [3.63, 3.8) is 0 Å². The number of nitrogens with zero attached hydrogens (tertiary/aromatic N) is 3. The number of hydrogen-bond acceptors (Lipinski definition) is 4. The molecule has 1 heterocycles. The Morgan fingerprint density at radius 3 is 2.57 bits per heavy atom. The molecule has 114 valence electrons. The highest BCUT2D eigenvalue weighted by Crippen LogP contribution is 2.33. The van der Waals surface area contributed by atoms with Gasteiger partial charge in [0.1, 0.15) is 0 Å². The van der Waals surface area contributed by atoms with Crippen LogP contribution in [0.1, 0.15) is 11.3 Å². The zero-order valence-corrected chi connectivity index (χ0v) is 11.6. The van der Waals surface area contributed by atoms with E-state index in [0.29, 0.717) is 0 Å². The largest absolute Gasteiger partial charge is 0.418 e. The van der Waals surface area contributed by atoms with Crippen molar-refractivity contribution in [3.8, 4) is 5.69 Å². The van der Waals surface area contributed by atoms with Gasteiger partial charge in [-0.25, -0.2) is 17.8 Å². The van der Waals surface area contributed by atoms with Crippen LogP contribution in [0.4, 0.5) is 13.2 Å². The predicted octanol–water partition coefficient (Wildman–Crippen LogP) is 1.34. The minimum Gasteiger partial charge on any atom is -0.220 e. The number of nitrogens with one attached hydrogen (secondary N) is 1. The minimum absolute atomic E-state index is 0.146. The second kappa shape index (κ2) is 5.45. The van der Waals surface area contributed by atoms with E-state index >= 15 is 0 Å². The molecule has 1 aromatic carbocycles. The molecule has 0 amide bonds. The van der Waals surface area contributed by atoms with Crippen LogP contribution in [0.2, 0.25) is 0 Å². The lowest BCUT2D eigenvalue weighted by atomic mass is 10.1. The topological polar surface area (TPSA) is 76.9 Å². The molecule has 1 aromatic heterocycles. The molecule has 0 unspecified atom stereocenters. The van der Waals surface area contributed by atoms with Gasteiger partial charge in [0.15, 0.2) is 0 Å². The summed E-state index contributed by atoms with van der Waals surface area (Å²) in [5.74, 6) is 0. The van der Waals surface area contributed by atoms with Crippen LogP contribution < -0.4 is 4.72 Å². The monoisotopic (exact) mass is 320 g/mol. The van der Waals surface area contributed by atoms with Crippen molar-refractivity contribution >= 4 is 10.0 Å². The fourth-order valence-corrected chi connectivity index (χ4v) is 2.03. The van der Waals surface area contributed by atoms with Crippen LogP contribution in [-0.2, 0) is 22.7 Å². The van der Waals surface area contributed by atoms with E-state index in [9.17, 15) is 21.6 Å². The molecular weight excluding hydrogens is 309 g/mol. The van der Waals surface area contributed by atoms with Crippen molar-refractivity contribution in [3.05, 3.63) is 41.7 Å². The molecular formula is C11H11F3N4O2S. The lowest BCUT2D eigenvalue weighted by molar-refractivity contribution is -0.137. The lowest BCUT2D eigenvalue weighted by Crippen LogP contribution is -2.21. The average molecular weight is 320 g/mol. The van der Waals surface area contributed by atoms with Crippen LogP contribution in [0.5, 0.6) is 0 Å². The summed E-state index contributed by atoms with van der Waals surface area (Å²) in [5, 5.41) is 7.23. The van der Waals surface area contributed by atoms with Crippen LogP contribution in [0.3, 0.4) is 0 Å². The van der Waals surface area contributed by atoms with Gasteiger partial charge in [-0.2, -0.15) is 13.2 Å². The van der Waals surface area contributed by atoms with E-state index in [0.717, 1.165) is 17.0 Å². The van der Waals surface area contributed by atoms with Gasteiger partial charge in [-0.3, -0.25) is 0 Å². The van der Waals surface area contributed by atoms with E-state index in [1.807, 2.05) is 0 Å². The summed E-state index contributed by atoms with van der Waals surface area (Å²) in [6.07, 6.45) is -2.31. The molecule has 2 rings (SSSR count). The first kappa shape index (κ1) is 15.4. The quantitative estimate of drug-likeness (QED) is 0.922. The molecule has 0 saturated heterocycles. The summed E-state index contributed by atoms with van der Waals surface area (Å²) < 4.78 is 63.7. The molecule has 6 nitrogen and oxygen atoms in total. The molecule has 1 N–H and O–H groups in total. The molecule has 0 aliphatic rings. The number of sulfonamides is 1. The summed E-state index contributed by atoms with van der Waals surface area (Å²) in [7, 11) is -3.42. The molecule has 0 bridgehead atoms. The minimum atomic E-state index is -4.52. The summed E-state index contributed by atoms with van der Waals surface area (Å²) in [6, 6.07) is 4.91. The molecule has 0 aliphatic heterocycles. The van der Waals surface area contributed by atoms with Crippen LogP contribution in [-0.4, -0.2) is 29.7 Å². The average Bonchev–Trinajstić information content (AvgIpc) is 2.83. The molecule has 0 radical (unpaired) electrons. The van der Waals surface area contributed by atoms with Gasteiger partial charge in [0.05, 0.1) is 35.9 Å². The Labute approximate surface area is 118 Å². The second-order valence-corrected chi connectivity index (χ2v) is 6.10. The number of para-hydroxylation sites is 1.